The van der Waals surface area contributed by atoms with Crippen molar-refractivity contribution in [2.45, 2.75) is 57.8 Å². The van der Waals surface area contributed by atoms with Crippen LogP contribution >= 0.6 is 0 Å². The van der Waals surface area contributed by atoms with Crippen LogP contribution in [0.15, 0.2) is 24.3 Å². The lowest BCUT2D eigenvalue weighted by Crippen LogP contribution is -2.59. The summed E-state index contributed by atoms with van der Waals surface area (Å²) in [4.78, 5) is 10.7. The van der Waals surface area contributed by atoms with Crippen molar-refractivity contribution in [3.8, 4) is 11.5 Å². The van der Waals surface area contributed by atoms with E-state index in [-0.39, 0.29) is 48.3 Å². The van der Waals surface area contributed by atoms with Crippen molar-refractivity contribution < 1.29 is 35.8 Å². The van der Waals surface area contributed by atoms with Gasteiger partial charge in [0.1, 0.15) is 17.5 Å². The normalized spacial score (nSPS) is 17.7. The third-order valence-corrected chi connectivity index (χ3v) is 7.74. The van der Waals surface area contributed by atoms with Crippen LogP contribution in [0.3, 0.4) is 0 Å². The number of aromatic nitrogens is 2. The Hall–Kier alpha value is -3.48. The molecule has 1 aliphatic rings. The van der Waals surface area contributed by atoms with Crippen LogP contribution in [-0.4, -0.2) is 54.6 Å². The minimum atomic E-state index is -4.93. The summed E-state index contributed by atoms with van der Waals surface area (Å²) in [5.41, 5.74) is 3.29. The summed E-state index contributed by atoms with van der Waals surface area (Å²) in [6, 6.07) is 3.67. The van der Waals surface area contributed by atoms with Gasteiger partial charge in [-0.1, -0.05) is 0 Å². The Labute approximate surface area is 234 Å². The Kier molecular flexibility index (Phi) is 7.98. The van der Waals surface area contributed by atoms with Crippen molar-refractivity contribution >= 4 is 22.4 Å². The SMILES string of the molecule is COc1cc2nc(C)nc(N[C@H](C)c3cc(N)cc(C(F)(F)F)c3F)c2cc1OCC1([C@H](C)N(C)C)CC(F)(F)C1. The summed E-state index contributed by atoms with van der Waals surface area (Å²) < 4.78 is 94.7. The summed E-state index contributed by atoms with van der Waals surface area (Å²) in [6.07, 6.45) is -5.58. The largest absolute Gasteiger partial charge is 0.493 e. The number of anilines is 2. The van der Waals surface area contributed by atoms with Crippen molar-refractivity contribution in [3.63, 3.8) is 0 Å². The lowest BCUT2D eigenvalue weighted by Gasteiger charge is -2.52. The van der Waals surface area contributed by atoms with Gasteiger partial charge in [-0.3, -0.25) is 0 Å². The minimum Gasteiger partial charge on any atom is -0.493 e. The number of rotatable bonds is 9. The van der Waals surface area contributed by atoms with Gasteiger partial charge in [-0.25, -0.2) is 23.1 Å². The molecule has 0 aliphatic heterocycles. The number of benzene rings is 2. The van der Waals surface area contributed by atoms with Gasteiger partial charge in [0.15, 0.2) is 11.5 Å². The third kappa shape index (κ3) is 6.09. The standard InChI is InChI=1S/C28H33F6N5O2/c1-14(18-7-17(35)8-20(24(18)29)28(32,33)34)36-25-19-9-23(22(40-6)10-21(19)37-16(3)38-25)41-13-26(15(2)39(4)5)11-27(30,31)12-26/h7-10,14-15H,11-13,35H2,1-6H3,(H,36,37,38)/t14-,15+/m1/s1. The number of nitrogen functional groups attached to an aromatic ring is 1. The van der Waals surface area contributed by atoms with Crippen LogP contribution in [0.25, 0.3) is 10.9 Å². The van der Waals surface area contributed by atoms with E-state index >= 15 is 0 Å². The third-order valence-electron chi connectivity index (χ3n) is 7.74. The molecule has 2 aromatic carbocycles. The number of nitrogens with one attached hydrogen (secondary N) is 1. The molecule has 224 valence electrons. The zero-order chi connectivity index (χ0) is 30.5. The van der Waals surface area contributed by atoms with E-state index in [1.54, 1.807) is 19.1 Å². The maximum Gasteiger partial charge on any atom is 0.419 e. The molecular formula is C28H33F6N5O2. The molecule has 13 heteroatoms. The number of hydrogen-bond donors (Lipinski definition) is 2. The van der Waals surface area contributed by atoms with Gasteiger partial charge in [0, 0.05) is 47.0 Å². The predicted molar refractivity (Wildman–Crippen MR) is 144 cm³/mol. The quantitative estimate of drug-likeness (QED) is 0.216. The van der Waals surface area contributed by atoms with Crippen LogP contribution in [0.2, 0.25) is 0 Å². The molecule has 1 fully saturated rings. The van der Waals surface area contributed by atoms with Crippen LogP contribution in [-0.2, 0) is 6.18 Å². The number of nitrogens with zero attached hydrogens (tertiary/aromatic N) is 3. The lowest BCUT2D eigenvalue weighted by atomic mass is 9.62. The van der Waals surface area contributed by atoms with Gasteiger partial charge in [-0.2, -0.15) is 13.2 Å². The first-order valence-corrected chi connectivity index (χ1v) is 12.9. The summed E-state index contributed by atoms with van der Waals surface area (Å²) >= 11 is 0. The molecule has 0 unspecified atom stereocenters. The molecule has 0 radical (unpaired) electrons. The highest BCUT2D eigenvalue weighted by molar-refractivity contribution is 5.92. The maximum absolute atomic E-state index is 14.9. The second-order valence-corrected chi connectivity index (χ2v) is 11.0. The lowest BCUT2D eigenvalue weighted by molar-refractivity contribution is -0.193. The van der Waals surface area contributed by atoms with E-state index in [0.717, 1.165) is 6.07 Å². The molecule has 3 N–H and O–H groups in total. The Bertz CT molecular complexity index is 1440. The molecule has 0 amide bonds. The van der Waals surface area contributed by atoms with Crippen LogP contribution < -0.4 is 20.5 Å². The number of halogens is 6. The van der Waals surface area contributed by atoms with Crippen molar-refractivity contribution in [1.29, 1.82) is 0 Å². The van der Waals surface area contributed by atoms with Crippen LogP contribution in [0.5, 0.6) is 11.5 Å². The van der Waals surface area contributed by atoms with E-state index in [9.17, 15) is 26.3 Å². The molecule has 0 spiro atoms. The number of ether oxygens (including phenoxy) is 2. The smallest absolute Gasteiger partial charge is 0.419 e. The van der Waals surface area contributed by atoms with Crippen molar-refractivity contribution in [1.82, 2.24) is 14.9 Å². The number of methoxy groups -OCH3 is 1. The number of aryl methyl sites for hydroxylation is 1. The van der Waals surface area contributed by atoms with E-state index in [0.29, 0.717) is 28.5 Å². The number of hydrogen-bond acceptors (Lipinski definition) is 7. The van der Waals surface area contributed by atoms with Gasteiger partial charge in [-0.05, 0) is 53.1 Å². The number of alkyl halides is 5. The van der Waals surface area contributed by atoms with Gasteiger partial charge in [-0.15, -0.1) is 0 Å². The average Bonchev–Trinajstić information content (AvgIpc) is 2.85. The summed E-state index contributed by atoms with van der Waals surface area (Å²) in [7, 11) is 5.07. The van der Waals surface area contributed by atoms with Gasteiger partial charge in [0.2, 0.25) is 5.92 Å². The highest BCUT2D eigenvalue weighted by Crippen LogP contribution is 2.55. The molecule has 0 bridgehead atoms. The Morgan fingerprint density at radius 2 is 1.73 bits per heavy atom. The number of fused-ring (bicyclic) bond motifs is 1. The molecule has 2 atom stereocenters. The zero-order valence-electron chi connectivity index (χ0n) is 23.6. The second-order valence-electron chi connectivity index (χ2n) is 11.0. The number of nitrogens with two attached hydrogens (primary N) is 1. The van der Waals surface area contributed by atoms with Crippen molar-refractivity contribution in [2.24, 2.45) is 5.41 Å². The first-order chi connectivity index (χ1) is 19.0. The van der Waals surface area contributed by atoms with Gasteiger partial charge < -0.3 is 25.4 Å². The fourth-order valence-electron chi connectivity index (χ4n) is 5.38. The fourth-order valence-corrected chi connectivity index (χ4v) is 5.38. The fraction of sp³-hybridized carbons (Fsp3) is 0.500. The van der Waals surface area contributed by atoms with E-state index in [1.165, 1.54) is 14.0 Å². The van der Waals surface area contributed by atoms with E-state index < -0.39 is 34.9 Å². The first kappa shape index (κ1) is 30.5. The minimum absolute atomic E-state index is 0.00951. The van der Waals surface area contributed by atoms with Crippen molar-refractivity contribution in [3.05, 3.63) is 47.0 Å². The zero-order valence-corrected chi connectivity index (χ0v) is 23.6. The first-order valence-electron chi connectivity index (χ1n) is 12.9. The molecule has 1 heterocycles. The van der Waals surface area contributed by atoms with Crippen LogP contribution in [0.1, 0.15) is 49.7 Å². The molecule has 41 heavy (non-hydrogen) atoms. The molecule has 1 saturated carbocycles. The molecule has 4 rings (SSSR count). The molecule has 1 aliphatic carbocycles. The summed E-state index contributed by atoms with van der Waals surface area (Å²) in [5.74, 6) is -3.12. The highest BCUT2D eigenvalue weighted by atomic mass is 19.4. The molecular weight excluding hydrogens is 552 g/mol. The monoisotopic (exact) mass is 585 g/mol. The molecule has 0 saturated heterocycles. The van der Waals surface area contributed by atoms with Gasteiger partial charge >= 0.3 is 6.18 Å². The topological polar surface area (TPSA) is 85.5 Å². The molecule has 7 nitrogen and oxygen atoms in total. The van der Waals surface area contributed by atoms with Gasteiger partial charge in [0.05, 0.1) is 30.8 Å². The Morgan fingerprint density at radius 1 is 1.07 bits per heavy atom. The highest BCUT2D eigenvalue weighted by Gasteiger charge is 2.60. The Morgan fingerprint density at radius 3 is 2.29 bits per heavy atom. The van der Waals surface area contributed by atoms with E-state index in [4.69, 9.17) is 15.2 Å². The predicted octanol–water partition coefficient (Wildman–Crippen LogP) is 6.60. The second kappa shape index (κ2) is 10.7. The van der Waals surface area contributed by atoms with E-state index in [1.807, 2.05) is 25.9 Å². The Balaban J connectivity index is 1.71. The van der Waals surface area contributed by atoms with Gasteiger partial charge in [0.25, 0.3) is 0 Å². The van der Waals surface area contributed by atoms with Crippen LogP contribution in [0, 0.1) is 18.2 Å². The van der Waals surface area contributed by atoms with Crippen LogP contribution in [0.4, 0.5) is 37.8 Å². The summed E-state index contributed by atoms with van der Waals surface area (Å²) in [5, 5.41) is 3.39. The summed E-state index contributed by atoms with van der Waals surface area (Å²) in [6.45, 7) is 4.96. The molecule has 3 aromatic rings. The molecule has 1 aromatic heterocycles. The van der Waals surface area contributed by atoms with E-state index in [2.05, 4.69) is 15.3 Å². The van der Waals surface area contributed by atoms with Crippen molar-refractivity contribution in [2.75, 3.05) is 38.9 Å². The maximum atomic E-state index is 14.9. The average molecular weight is 586 g/mol.